The number of aliphatic hydroxyl groups is 1. The number of pyridine rings is 1. The first-order chi connectivity index (χ1) is 6.11. The first-order valence-electron chi connectivity index (χ1n) is 4.06. The lowest BCUT2D eigenvalue weighted by Crippen LogP contribution is -2.31. The van der Waals surface area contributed by atoms with Gasteiger partial charge >= 0.3 is 16.6 Å². The van der Waals surface area contributed by atoms with Gasteiger partial charge in [-0.2, -0.15) is 0 Å². The predicted octanol–water partition coefficient (Wildman–Crippen LogP) is 1.31. The van der Waals surface area contributed by atoms with Gasteiger partial charge in [-0.15, -0.1) is 0 Å². The molecule has 0 aliphatic carbocycles. The van der Waals surface area contributed by atoms with Gasteiger partial charge < -0.3 is 5.11 Å². The third-order valence-electron chi connectivity index (χ3n) is 1.94. The van der Waals surface area contributed by atoms with Crippen molar-refractivity contribution >= 4 is 11.7 Å². The summed E-state index contributed by atoms with van der Waals surface area (Å²) in [6.45, 7) is 3.58. The summed E-state index contributed by atoms with van der Waals surface area (Å²) in [5.74, 6) is -0.162. The van der Waals surface area contributed by atoms with Gasteiger partial charge in [0.05, 0.1) is 5.92 Å². The molecule has 1 unspecified atom stereocenters. The Labute approximate surface area is 81.3 Å². The van der Waals surface area contributed by atoms with Gasteiger partial charge in [0, 0.05) is 10.4 Å². The van der Waals surface area contributed by atoms with Crippen LogP contribution in [0, 0.1) is 5.92 Å². The largest absolute Gasteiger partial charge is 0.504 e. The van der Waals surface area contributed by atoms with Gasteiger partial charge in [0.2, 0.25) is 0 Å². The van der Waals surface area contributed by atoms with Gasteiger partial charge in [-0.1, -0.05) is 19.9 Å². The van der Waals surface area contributed by atoms with Crippen LogP contribution in [-0.4, -0.2) is 10.1 Å². The zero-order valence-corrected chi connectivity index (χ0v) is 8.41. The van der Waals surface area contributed by atoms with Crippen LogP contribution in [-0.2, 0) is 20.8 Å². The summed E-state index contributed by atoms with van der Waals surface area (Å²) in [4.78, 5) is 2.56. The molecule has 0 aromatic carbocycles. The minimum atomic E-state index is -1.42. The monoisotopic (exact) mass is 198 g/mol. The third-order valence-corrected chi connectivity index (χ3v) is 2.88. The normalized spacial score (nSPS) is 15.4. The van der Waals surface area contributed by atoms with Crippen molar-refractivity contribution in [2.45, 2.75) is 18.8 Å². The van der Waals surface area contributed by atoms with Crippen LogP contribution in [0.1, 0.15) is 19.5 Å². The Hall–Kier alpha value is -0.870. The Morgan fingerprint density at radius 1 is 1.54 bits per heavy atom. The highest BCUT2D eigenvalue weighted by molar-refractivity contribution is 7.66. The Morgan fingerprint density at radius 3 is 2.62 bits per heavy atom. The summed E-state index contributed by atoms with van der Waals surface area (Å²) in [6, 6.07) is 5.16. The van der Waals surface area contributed by atoms with Crippen molar-refractivity contribution in [3.8, 4) is 0 Å². The van der Waals surface area contributed by atoms with Crippen LogP contribution in [0.3, 0.4) is 0 Å². The van der Waals surface area contributed by atoms with E-state index >= 15 is 0 Å². The molecule has 1 aromatic heterocycles. The molecule has 1 N–H and O–H groups in total. The van der Waals surface area contributed by atoms with E-state index in [-0.39, 0.29) is 17.6 Å². The van der Waals surface area contributed by atoms with Gasteiger partial charge in [0.15, 0.2) is 0 Å². The minimum absolute atomic E-state index is 0.162. The Morgan fingerprint density at radius 2 is 2.23 bits per heavy atom. The fraction of sp³-hybridized carbons (Fsp3) is 0.444. The number of aromatic nitrogens is 1. The van der Waals surface area contributed by atoms with Crippen molar-refractivity contribution in [2.24, 2.45) is 5.92 Å². The molecule has 0 aliphatic heterocycles. The van der Waals surface area contributed by atoms with Crippen LogP contribution in [0.15, 0.2) is 24.4 Å². The molecule has 3 nitrogen and oxygen atoms in total. The molecular formula is C9H12NO2S+. The molecule has 0 saturated heterocycles. The lowest BCUT2D eigenvalue weighted by molar-refractivity contribution is 0.0786. The van der Waals surface area contributed by atoms with Crippen molar-refractivity contribution in [1.29, 1.82) is 0 Å². The van der Waals surface area contributed by atoms with E-state index in [2.05, 4.69) is 4.98 Å². The van der Waals surface area contributed by atoms with Crippen LogP contribution in [0.5, 0.6) is 0 Å². The number of rotatable bonds is 3. The van der Waals surface area contributed by atoms with Crippen LogP contribution in [0.4, 0.5) is 0 Å². The second-order valence-electron chi connectivity index (χ2n) is 3.15. The zero-order valence-electron chi connectivity index (χ0n) is 7.60. The molecule has 0 spiro atoms. The molecule has 70 valence electrons. The molecule has 1 rings (SSSR count). The molecule has 4 heteroatoms. The SMILES string of the molecule is CC(C)C(O)([S+]=O)c1ccccn1. The van der Waals surface area contributed by atoms with E-state index in [1.165, 1.54) is 0 Å². The third kappa shape index (κ3) is 1.89. The summed E-state index contributed by atoms with van der Waals surface area (Å²) in [6.07, 6.45) is 1.57. The smallest absolute Gasteiger partial charge is 0.331 e. The quantitative estimate of drug-likeness (QED) is 0.588. The van der Waals surface area contributed by atoms with E-state index in [0.29, 0.717) is 5.69 Å². The summed E-state index contributed by atoms with van der Waals surface area (Å²) < 4.78 is 10.8. The van der Waals surface area contributed by atoms with Crippen LogP contribution in [0.2, 0.25) is 0 Å². The van der Waals surface area contributed by atoms with E-state index < -0.39 is 4.93 Å². The molecule has 0 aliphatic rings. The van der Waals surface area contributed by atoms with Crippen molar-refractivity contribution in [2.75, 3.05) is 0 Å². The average Bonchev–Trinajstić information content (AvgIpc) is 2.17. The number of nitrogens with zero attached hydrogens (tertiary/aromatic N) is 1. The number of hydrogen-bond donors (Lipinski definition) is 1. The highest BCUT2D eigenvalue weighted by Crippen LogP contribution is 2.26. The van der Waals surface area contributed by atoms with Gasteiger partial charge in [-0.25, -0.2) is 0 Å². The Balaban J connectivity index is 3.10. The second kappa shape index (κ2) is 3.89. The van der Waals surface area contributed by atoms with E-state index in [1.54, 1.807) is 38.2 Å². The lowest BCUT2D eigenvalue weighted by Gasteiger charge is -2.13. The first-order valence-corrected chi connectivity index (χ1v) is 4.80. The maximum Gasteiger partial charge on any atom is 0.504 e. The fourth-order valence-corrected chi connectivity index (χ4v) is 1.41. The molecule has 0 saturated carbocycles. The van der Waals surface area contributed by atoms with Gasteiger partial charge in [0.1, 0.15) is 5.69 Å². The highest BCUT2D eigenvalue weighted by atomic mass is 32.1. The van der Waals surface area contributed by atoms with Gasteiger partial charge in [-0.05, 0) is 12.1 Å². The van der Waals surface area contributed by atoms with Crippen LogP contribution >= 0.6 is 0 Å². The summed E-state index contributed by atoms with van der Waals surface area (Å²) in [5.41, 5.74) is 0.421. The second-order valence-corrected chi connectivity index (χ2v) is 3.94. The molecule has 1 heterocycles. The summed E-state index contributed by atoms with van der Waals surface area (Å²) in [7, 11) is 0. The molecule has 0 radical (unpaired) electrons. The lowest BCUT2D eigenvalue weighted by atomic mass is 10.0. The average molecular weight is 198 g/mol. The van der Waals surface area contributed by atoms with E-state index in [9.17, 15) is 9.32 Å². The standard InChI is InChI=1S/C9H12NO2S/c1-7(2)9(11,13-12)8-5-3-4-6-10-8/h3-7,11H,1-2H3/q+1. The van der Waals surface area contributed by atoms with Crippen LogP contribution in [0.25, 0.3) is 0 Å². The molecule has 0 fully saturated rings. The molecule has 1 aromatic rings. The van der Waals surface area contributed by atoms with E-state index in [1.807, 2.05) is 0 Å². The maximum atomic E-state index is 10.8. The molecule has 1 atom stereocenters. The van der Waals surface area contributed by atoms with Crippen LogP contribution < -0.4 is 0 Å². The maximum absolute atomic E-state index is 10.8. The van der Waals surface area contributed by atoms with Gasteiger partial charge in [0.25, 0.3) is 0 Å². The van der Waals surface area contributed by atoms with Crippen molar-refractivity contribution < 1.29 is 9.32 Å². The predicted molar refractivity (Wildman–Crippen MR) is 51.0 cm³/mol. The van der Waals surface area contributed by atoms with Gasteiger partial charge in [-0.3, -0.25) is 4.98 Å². The number of hydrogen-bond acceptors (Lipinski definition) is 3. The Kier molecular flexibility index (Phi) is 3.06. The first kappa shape index (κ1) is 10.2. The molecule has 13 heavy (non-hydrogen) atoms. The topological polar surface area (TPSA) is 50.2 Å². The summed E-state index contributed by atoms with van der Waals surface area (Å²) >= 11 is 0.176. The van der Waals surface area contributed by atoms with E-state index in [0.717, 1.165) is 0 Å². The summed E-state index contributed by atoms with van der Waals surface area (Å²) in [5, 5.41) is 9.96. The minimum Gasteiger partial charge on any atom is -0.331 e. The molecule has 0 bridgehead atoms. The Bertz CT molecular complexity index is 289. The zero-order chi connectivity index (χ0) is 9.90. The van der Waals surface area contributed by atoms with Crippen molar-refractivity contribution in [3.63, 3.8) is 0 Å². The molecular weight excluding hydrogens is 186 g/mol. The van der Waals surface area contributed by atoms with E-state index in [4.69, 9.17) is 0 Å². The molecule has 0 amide bonds. The highest BCUT2D eigenvalue weighted by Gasteiger charge is 2.49. The van der Waals surface area contributed by atoms with Crippen molar-refractivity contribution in [1.82, 2.24) is 4.98 Å². The van der Waals surface area contributed by atoms with Crippen molar-refractivity contribution in [3.05, 3.63) is 30.1 Å². The fourth-order valence-electron chi connectivity index (χ4n) is 1.01.